The summed E-state index contributed by atoms with van der Waals surface area (Å²) in [6, 6.07) is 8.17. The van der Waals surface area contributed by atoms with E-state index >= 15 is 0 Å². The van der Waals surface area contributed by atoms with Gasteiger partial charge in [0.25, 0.3) is 0 Å². The number of hydrogen-bond acceptors (Lipinski definition) is 2. The molecule has 1 aliphatic carbocycles. The lowest BCUT2D eigenvalue weighted by Gasteiger charge is -2.06. The second kappa shape index (κ2) is 6.34. The predicted octanol–water partition coefficient (Wildman–Crippen LogP) is 3.17. The summed E-state index contributed by atoms with van der Waals surface area (Å²) in [5, 5.41) is 6.18. The van der Waals surface area contributed by atoms with Crippen LogP contribution >= 0.6 is 15.9 Å². The van der Waals surface area contributed by atoms with Crippen LogP contribution in [0.25, 0.3) is 0 Å². The van der Waals surface area contributed by atoms with Crippen LogP contribution in [0.5, 0.6) is 0 Å². The molecule has 2 N–H and O–H groups in total. The zero-order valence-electron chi connectivity index (χ0n) is 10.6. The van der Waals surface area contributed by atoms with Crippen LogP contribution in [0.1, 0.15) is 26.2 Å². The summed E-state index contributed by atoms with van der Waals surface area (Å²) in [7, 11) is 0. The van der Waals surface area contributed by atoms with Gasteiger partial charge in [-0.15, -0.1) is 0 Å². The minimum atomic E-state index is 0.0273. The molecule has 2 unspecified atom stereocenters. The number of amides is 1. The fraction of sp³-hybridized carbons (Fsp3) is 0.500. The van der Waals surface area contributed by atoms with Crippen molar-refractivity contribution in [1.29, 1.82) is 0 Å². The molecule has 1 fully saturated rings. The van der Waals surface area contributed by atoms with Crippen LogP contribution in [0.3, 0.4) is 0 Å². The second-order valence-corrected chi connectivity index (χ2v) is 5.74. The van der Waals surface area contributed by atoms with Crippen molar-refractivity contribution in [2.75, 3.05) is 11.9 Å². The zero-order valence-corrected chi connectivity index (χ0v) is 12.2. The highest BCUT2D eigenvalue weighted by atomic mass is 79.9. The third-order valence-electron chi connectivity index (χ3n) is 3.23. The summed E-state index contributed by atoms with van der Waals surface area (Å²) >= 11 is 3.37. The molecule has 0 aromatic heterocycles. The van der Waals surface area contributed by atoms with Crippen molar-refractivity contribution in [3.05, 3.63) is 28.7 Å². The number of anilines is 1. The Morgan fingerprint density at radius 3 is 2.78 bits per heavy atom. The summed E-state index contributed by atoms with van der Waals surface area (Å²) in [4.78, 5) is 11.7. The second-order valence-electron chi connectivity index (χ2n) is 4.83. The van der Waals surface area contributed by atoms with E-state index in [1.807, 2.05) is 24.3 Å². The third-order valence-corrected chi connectivity index (χ3v) is 3.76. The maximum absolute atomic E-state index is 11.7. The van der Waals surface area contributed by atoms with E-state index in [9.17, 15) is 4.79 Å². The Labute approximate surface area is 116 Å². The first-order valence-corrected chi connectivity index (χ1v) is 7.27. The molecule has 2 rings (SSSR count). The van der Waals surface area contributed by atoms with Crippen LogP contribution in [-0.2, 0) is 4.79 Å². The number of benzene rings is 1. The number of carbonyl (C=O) groups is 1. The molecule has 18 heavy (non-hydrogen) atoms. The topological polar surface area (TPSA) is 41.1 Å². The largest absolute Gasteiger partial charge is 0.325 e. The van der Waals surface area contributed by atoms with Gasteiger partial charge in [-0.05, 0) is 43.0 Å². The van der Waals surface area contributed by atoms with Crippen molar-refractivity contribution >= 4 is 27.5 Å². The molecule has 1 aromatic rings. The molecule has 2 atom stereocenters. The first-order chi connectivity index (χ1) is 8.69. The Kier molecular flexibility index (Phi) is 4.78. The fourth-order valence-electron chi connectivity index (χ4n) is 2.15. The molecule has 0 bridgehead atoms. The number of halogens is 1. The maximum atomic E-state index is 11.7. The molecular formula is C14H19BrN2O. The monoisotopic (exact) mass is 310 g/mol. The molecule has 0 saturated heterocycles. The summed E-state index contributed by atoms with van der Waals surface area (Å²) in [5.74, 6) is 0.815. The van der Waals surface area contributed by atoms with Crippen molar-refractivity contribution in [3.8, 4) is 0 Å². The Balaban J connectivity index is 1.68. The molecule has 4 heteroatoms. The van der Waals surface area contributed by atoms with Crippen molar-refractivity contribution in [1.82, 2.24) is 5.32 Å². The summed E-state index contributed by atoms with van der Waals surface area (Å²) in [6.07, 6.45) is 3.72. The minimum absolute atomic E-state index is 0.0273. The fourth-order valence-corrected chi connectivity index (χ4v) is 2.41. The Hall–Kier alpha value is -0.870. The van der Waals surface area contributed by atoms with E-state index in [0.717, 1.165) is 16.1 Å². The molecule has 1 aliphatic rings. The Bertz CT molecular complexity index is 405. The van der Waals surface area contributed by atoms with Crippen LogP contribution in [0.15, 0.2) is 28.7 Å². The van der Waals surface area contributed by atoms with Gasteiger partial charge in [0, 0.05) is 16.2 Å². The van der Waals surface area contributed by atoms with E-state index < -0.39 is 0 Å². The van der Waals surface area contributed by atoms with Gasteiger partial charge < -0.3 is 10.6 Å². The van der Waals surface area contributed by atoms with Gasteiger partial charge in [-0.25, -0.2) is 0 Å². The van der Waals surface area contributed by atoms with E-state index in [1.54, 1.807) is 0 Å². The van der Waals surface area contributed by atoms with Crippen LogP contribution in [0.4, 0.5) is 5.69 Å². The average molecular weight is 311 g/mol. The van der Waals surface area contributed by atoms with E-state index in [2.05, 4.69) is 33.5 Å². The molecule has 1 amide bonds. The number of nitrogens with one attached hydrogen (secondary N) is 2. The molecule has 0 aliphatic heterocycles. The van der Waals surface area contributed by atoms with Crippen molar-refractivity contribution in [2.24, 2.45) is 5.92 Å². The van der Waals surface area contributed by atoms with E-state index in [-0.39, 0.29) is 5.91 Å². The van der Waals surface area contributed by atoms with Crippen LogP contribution < -0.4 is 10.6 Å². The van der Waals surface area contributed by atoms with E-state index in [1.165, 1.54) is 19.3 Å². The average Bonchev–Trinajstić information content (AvgIpc) is 3.09. The van der Waals surface area contributed by atoms with Gasteiger partial charge in [0.1, 0.15) is 0 Å². The molecule has 0 heterocycles. The highest BCUT2D eigenvalue weighted by molar-refractivity contribution is 9.10. The zero-order chi connectivity index (χ0) is 13.0. The highest BCUT2D eigenvalue weighted by Gasteiger charge is 2.35. The van der Waals surface area contributed by atoms with Gasteiger partial charge in [-0.3, -0.25) is 4.79 Å². The molecule has 98 valence electrons. The molecule has 3 nitrogen and oxygen atoms in total. The lowest BCUT2D eigenvalue weighted by atomic mass is 10.2. The summed E-state index contributed by atoms with van der Waals surface area (Å²) < 4.78 is 1.01. The summed E-state index contributed by atoms with van der Waals surface area (Å²) in [5.41, 5.74) is 0.839. The normalized spacial score (nSPS) is 21.7. The molecule has 0 spiro atoms. The number of carbonyl (C=O) groups excluding carboxylic acids is 1. The standard InChI is InChI=1S/C14H19BrN2O/c1-2-3-10-8-13(10)16-9-14(18)17-12-6-4-11(15)5-7-12/h4-7,10,13,16H,2-3,8-9H2,1H3,(H,17,18). The van der Waals surface area contributed by atoms with Gasteiger partial charge in [0.15, 0.2) is 0 Å². The first-order valence-electron chi connectivity index (χ1n) is 6.48. The molecule has 1 aromatic carbocycles. The lowest BCUT2D eigenvalue weighted by Crippen LogP contribution is -2.30. The molecule has 1 saturated carbocycles. The van der Waals surface area contributed by atoms with E-state index in [0.29, 0.717) is 12.6 Å². The van der Waals surface area contributed by atoms with Gasteiger partial charge >= 0.3 is 0 Å². The quantitative estimate of drug-likeness (QED) is 0.847. The van der Waals surface area contributed by atoms with Crippen molar-refractivity contribution < 1.29 is 4.79 Å². The lowest BCUT2D eigenvalue weighted by molar-refractivity contribution is -0.115. The van der Waals surface area contributed by atoms with Crippen LogP contribution in [0, 0.1) is 5.92 Å². The first kappa shape index (κ1) is 13.6. The smallest absolute Gasteiger partial charge is 0.238 e. The Morgan fingerprint density at radius 2 is 2.11 bits per heavy atom. The Morgan fingerprint density at radius 1 is 1.39 bits per heavy atom. The van der Waals surface area contributed by atoms with Gasteiger partial charge in [-0.1, -0.05) is 29.3 Å². The van der Waals surface area contributed by atoms with Gasteiger partial charge in [0.05, 0.1) is 6.54 Å². The summed E-state index contributed by atoms with van der Waals surface area (Å²) in [6.45, 7) is 2.61. The predicted molar refractivity (Wildman–Crippen MR) is 77.6 cm³/mol. The van der Waals surface area contributed by atoms with Crippen LogP contribution in [0.2, 0.25) is 0 Å². The van der Waals surface area contributed by atoms with Gasteiger partial charge in [-0.2, -0.15) is 0 Å². The van der Waals surface area contributed by atoms with Gasteiger partial charge in [0.2, 0.25) is 5.91 Å². The maximum Gasteiger partial charge on any atom is 0.238 e. The van der Waals surface area contributed by atoms with Crippen molar-refractivity contribution in [3.63, 3.8) is 0 Å². The number of hydrogen-bond donors (Lipinski definition) is 2. The van der Waals surface area contributed by atoms with Crippen LogP contribution in [-0.4, -0.2) is 18.5 Å². The highest BCUT2D eigenvalue weighted by Crippen LogP contribution is 2.34. The van der Waals surface area contributed by atoms with Crippen molar-refractivity contribution in [2.45, 2.75) is 32.2 Å². The molecular weight excluding hydrogens is 292 g/mol. The number of rotatable bonds is 6. The van der Waals surface area contributed by atoms with E-state index in [4.69, 9.17) is 0 Å². The minimum Gasteiger partial charge on any atom is -0.325 e. The third kappa shape index (κ3) is 4.10. The molecule has 0 radical (unpaired) electrons. The SMILES string of the molecule is CCCC1CC1NCC(=O)Nc1ccc(Br)cc1.